The number of carbonyl (C=O) groups is 1. The number of aromatic nitrogens is 3. The van der Waals surface area contributed by atoms with E-state index in [0.717, 1.165) is 31.4 Å². The van der Waals surface area contributed by atoms with Crippen LogP contribution in [0.1, 0.15) is 41.0 Å². The third kappa shape index (κ3) is 3.43. The minimum Gasteiger partial charge on any atom is -0.349 e. The van der Waals surface area contributed by atoms with Gasteiger partial charge >= 0.3 is 0 Å². The molecular weight excluding hydrogens is 270 g/mol. The molecule has 2 N–H and O–H groups in total. The maximum absolute atomic E-state index is 11.9. The zero-order valence-electron chi connectivity index (χ0n) is 11.6. The van der Waals surface area contributed by atoms with Crippen LogP contribution in [0.2, 0.25) is 0 Å². The van der Waals surface area contributed by atoms with Crippen molar-refractivity contribution < 1.29 is 9.32 Å². The number of nitrogens with zero attached hydrogens (tertiary/aromatic N) is 3. The minimum atomic E-state index is -0.308. The van der Waals surface area contributed by atoms with Gasteiger partial charge in [0.25, 0.3) is 11.7 Å². The summed E-state index contributed by atoms with van der Waals surface area (Å²) in [6.07, 6.45) is 6.25. The molecule has 1 unspecified atom stereocenters. The van der Waals surface area contributed by atoms with Gasteiger partial charge < -0.3 is 15.2 Å². The van der Waals surface area contributed by atoms with Crippen molar-refractivity contribution in [3.8, 4) is 0 Å². The second-order valence-electron chi connectivity index (χ2n) is 4.97. The fourth-order valence-corrected chi connectivity index (χ4v) is 2.31. The molecule has 0 saturated carbocycles. The summed E-state index contributed by atoms with van der Waals surface area (Å²) in [4.78, 5) is 20.0. The Kier molecular flexibility index (Phi) is 4.20. The van der Waals surface area contributed by atoms with Crippen molar-refractivity contribution >= 4 is 5.91 Å². The molecule has 1 aliphatic rings. The van der Waals surface area contributed by atoms with Crippen LogP contribution in [-0.2, 0) is 6.42 Å². The zero-order valence-corrected chi connectivity index (χ0v) is 11.6. The van der Waals surface area contributed by atoms with Gasteiger partial charge in [0.1, 0.15) is 0 Å². The molecule has 3 rings (SSSR count). The Balaban J connectivity index is 1.51. The summed E-state index contributed by atoms with van der Waals surface area (Å²) in [5, 5.41) is 9.78. The molecule has 1 atom stereocenters. The first-order valence-corrected chi connectivity index (χ1v) is 7.07. The predicted octanol–water partition coefficient (Wildman–Crippen LogP) is 0.862. The van der Waals surface area contributed by atoms with Crippen molar-refractivity contribution in [1.29, 1.82) is 0 Å². The van der Waals surface area contributed by atoms with E-state index in [1.807, 2.05) is 12.1 Å². The van der Waals surface area contributed by atoms with Crippen LogP contribution < -0.4 is 10.6 Å². The number of hydrogen-bond acceptors (Lipinski definition) is 6. The zero-order chi connectivity index (χ0) is 14.5. The first-order valence-electron chi connectivity index (χ1n) is 7.07. The normalized spacial score (nSPS) is 17.8. The third-order valence-electron chi connectivity index (χ3n) is 3.45. The molecule has 2 aromatic rings. The van der Waals surface area contributed by atoms with Gasteiger partial charge in [-0.05, 0) is 43.5 Å². The van der Waals surface area contributed by atoms with E-state index in [9.17, 15) is 4.79 Å². The fraction of sp³-hybridized carbons (Fsp3) is 0.429. The maximum atomic E-state index is 11.9. The van der Waals surface area contributed by atoms with Crippen LogP contribution in [0, 0.1) is 0 Å². The Hall–Kier alpha value is -2.28. The Labute approximate surface area is 122 Å². The maximum Gasteiger partial charge on any atom is 0.292 e. The predicted molar refractivity (Wildman–Crippen MR) is 74.5 cm³/mol. The van der Waals surface area contributed by atoms with E-state index >= 15 is 0 Å². The molecule has 7 heteroatoms. The topological polar surface area (TPSA) is 92.9 Å². The summed E-state index contributed by atoms with van der Waals surface area (Å²) in [5.74, 6) is 0.275. The molecule has 0 spiro atoms. The van der Waals surface area contributed by atoms with Gasteiger partial charge in [-0.3, -0.25) is 9.78 Å². The largest absolute Gasteiger partial charge is 0.349 e. The first kappa shape index (κ1) is 13.7. The number of carbonyl (C=O) groups excluding carboxylic acids is 1. The molecule has 21 heavy (non-hydrogen) atoms. The van der Waals surface area contributed by atoms with E-state index in [-0.39, 0.29) is 17.8 Å². The van der Waals surface area contributed by atoms with Crippen molar-refractivity contribution in [2.75, 3.05) is 13.1 Å². The molecule has 1 saturated heterocycles. The molecule has 110 valence electrons. The number of rotatable bonds is 5. The van der Waals surface area contributed by atoms with Crippen LogP contribution in [0.4, 0.5) is 0 Å². The third-order valence-corrected chi connectivity index (χ3v) is 3.45. The smallest absolute Gasteiger partial charge is 0.292 e. The molecule has 0 aliphatic carbocycles. The quantitative estimate of drug-likeness (QED) is 0.847. The summed E-state index contributed by atoms with van der Waals surface area (Å²) in [6.45, 7) is 1.47. The molecular formula is C14H17N5O2. The Morgan fingerprint density at radius 3 is 3.05 bits per heavy atom. The highest BCUT2D eigenvalue weighted by Crippen LogP contribution is 2.20. The summed E-state index contributed by atoms with van der Waals surface area (Å²) in [7, 11) is 0. The monoisotopic (exact) mass is 287 g/mol. The first-order chi connectivity index (χ1) is 10.3. The van der Waals surface area contributed by atoms with Gasteiger partial charge in [-0.2, -0.15) is 4.98 Å². The van der Waals surface area contributed by atoms with Crippen LogP contribution in [0.15, 0.2) is 29.0 Å². The molecule has 0 radical (unpaired) electrons. The number of amides is 1. The van der Waals surface area contributed by atoms with Crippen molar-refractivity contribution in [3.05, 3.63) is 41.8 Å². The molecule has 1 aliphatic heterocycles. The highest BCUT2D eigenvalue weighted by molar-refractivity contribution is 5.90. The van der Waals surface area contributed by atoms with Gasteiger partial charge in [0, 0.05) is 18.9 Å². The summed E-state index contributed by atoms with van der Waals surface area (Å²) >= 11 is 0. The van der Waals surface area contributed by atoms with Crippen LogP contribution in [0.25, 0.3) is 0 Å². The number of hydrogen-bond donors (Lipinski definition) is 2. The number of pyridine rings is 1. The summed E-state index contributed by atoms with van der Waals surface area (Å²) in [6, 6.07) is 3.92. The van der Waals surface area contributed by atoms with Crippen LogP contribution >= 0.6 is 0 Å². The van der Waals surface area contributed by atoms with Gasteiger partial charge in [0.05, 0.1) is 6.04 Å². The minimum absolute atomic E-state index is 0.0795. The lowest BCUT2D eigenvalue weighted by Crippen LogP contribution is -2.26. The lowest BCUT2D eigenvalue weighted by Gasteiger charge is -2.02. The van der Waals surface area contributed by atoms with Crippen LogP contribution in [0.3, 0.4) is 0 Å². The molecule has 0 bridgehead atoms. The van der Waals surface area contributed by atoms with Crippen LogP contribution in [0.5, 0.6) is 0 Å². The van der Waals surface area contributed by atoms with Gasteiger partial charge in [0.15, 0.2) is 0 Å². The van der Waals surface area contributed by atoms with E-state index in [4.69, 9.17) is 4.52 Å². The molecule has 2 aromatic heterocycles. The van der Waals surface area contributed by atoms with E-state index < -0.39 is 0 Å². The van der Waals surface area contributed by atoms with E-state index in [0.29, 0.717) is 12.4 Å². The molecule has 0 aromatic carbocycles. The average molecular weight is 287 g/mol. The SMILES string of the molecule is O=C(NCCc1ccncc1)c1noc(C2CCCN2)n1. The standard InChI is InChI=1S/C14H17N5O2/c20-13(17-9-5-10-3-7-15-8-4-10)12-18-14(21-19-12)11-2-1-6-16-11/h3-4,7-8,11,16H,1-2,5-6,9H2,(H,17,20). The van der Waals surface area contributed by atoms with E-state index in [1.165, 1.54) is 0 Å². The van der Waals surface area contributed by atoms with Crippen molar-refractivity contribution in [2.45, 2.75) is 25.3 Å². The van der Waals surface area contributed by atoms with Gasteiger partial charge in [-0.15, -0.1) is 0 Å². The second-order valence-corrected chi connectivity index (χ2v) is 4.97. The van der Waals surface area contributed by atoms with Crippen LogP contribution in [-0.4, -0.2) is 34.1 Å². The molecule has 1 fully saturated rings. The van der Waals surface area contributed by atoms with Gasteiger partial charge in [-0.25, -0.2) is 0 Å². The van der Waals surface area contributed by atoms with E-state index in [1.54, 1.807) is 12.4 Å². The van der Waals surface area contributed by atoms with Gasteiger partial charge in [-0.1, -0.05) is 5.16 Å². The van der Waals surface area contributed by atoms with Crippen molar-refractivity contribution in [3.63, 3.8) is 0 Å². The molecule has 3 heterocycles. The van der Waals surface area contributed by atoms with Crippen molar-refractivity contribution in [2.24, 2.45) is 0 Å². The lowest BCUT2D eigenvalue weighted by molar-refractivity contribution is 0.0941. The van der Waals surface area contributed by atoms with E-state index in [2.05, 4.69) is 25.8 Å². The Morgan fingerprint density at radius 1 is 1.43 bits per heavy atom. The molecule has 1 amide bonds. The lowest BCUT2D eigenvalue weighted by atomic mass is 10.2. The summed E-state index contributed by atoms with van der Waals surface area (Å²) in [5.41, 5.74) is 1.12. The van der Waals surface area contributed by atoms with Gasteiger partial charge in [0.2, 0.25) is 5.89 Å². The Morgan fingerprint density at radius 2 is 2.29 bits per heavy atom. The molecule has 7 nitrogen and oxygen atoms in total. The number of nitrogens with one attached hydrogen (secondary N) is 2. The highest BCUT2D eigenvalue weighted by Gasteiger charge is 2.24. The summed E-state index contributed by atoms with van der Waals surface area (Å²) < 4.78 is 5.14. The second kappa shape index (κ2) is 6.45. The fourth-order valence-electron chi connectivity index (χ4n) is 2.31. The average Bonchev–Trinajstić information content (AvgIpc) is 3.19. The Bertz CT molecular complexity index is 592. The van der Waals surface area contributed by atoms with Crippen molar-refractivity contribution in [1.82, 2.24) is 25.8 Å². The highest BCUT2D eigenvalue weighted by atomic mass is 16.5.